The SMILES string of the molecule is CCOc1ccc(Cl)cc1C(=O)CSCC. The van der Waals surface area contributed by atoms with E-state index in [0.717, 1.165) is 5.75 Å². The Morgan fingerprint density at radius 3 is 2.81 bits per heavy atom. The Kier molecular flexibility index (Phi) is 5.71. The number of carbonyl (C=O) groups is 1. The van der Waals surface area contributed by atoms with Crippen molar-refractivity contribution in [1.82, 2.24) is 0 Å². The first-order chi connectivity index (χ1) is 7.69. The fourth-order valence-electron chi connectivity index (χ4n) is 1.27. The molecular weight excluding hydrogens is 244 g/mol. The minimum Gasteiger partial charge on any atom is -0.493 e. The highest BCUT2D eigenvalue weighted by atomic mass is 35.5. The number of benzene rings is 1. The molecule has 0 spiro atoms. The Morgan fingerprint density at radius 1 is 1.44 bits per heavy atom. The van der Waals surface area contributed by atoms with Crippen LogP contribution in [0.4, 0.5) is 0 Å². The quantitative estimate of drug-likeness (QED) is 0.729. The van der Waals surface area contributed by atoms with Crippen molar-refractivity contribution in [2.45, 2.75) is 13.8 Å². The fourth-order valence-corrected chi connectivity index (χ4v) is 1.99. The van der Waals surface area contributed by atoms with Gasteiger partial charge in [-0.05, 0) is 30.9 Å². The zero-order valence-electron chi connectivity index (χ0n) is 9.46. The van der Waals surface area contributed by atoms with Crippen LogP contribution in [0.5, 0.6) is 5.75 Å². The van der Waals surface area contributed by atoms with Gasteiger partial charge in [0.15, 0.2) is 5.78 Å². The summed E-state index contributed by atoms with van der Waals surface area (Å²) < 4.78 is 5.40. The molecule has 1 aromatic carbocycles. The molecule has 0 radical (unpaired) electrons. The van der Waals surface area contributed by atoms with E-state index in [4.69, 9.17) is 16.3 Å². The fraction of sp³-hybridized carbons (Fsp3) is 0.417. The third-order valence-electron chi connectivity index (χ3n) is 1.98. The molecule has 0 atom stereocenters. The number of hydrogen-bond donors (Lipinski definition) is 0. The van der Waals surface area contributed by atoms with Crippen LogP contribution in [-0.4, -0.2) is 23.9 Å². The lowest BCUT2D eigenvalue weighted by Crippen LogP contribution is -2.06. The van der Waals surface area contributed by atoms with Crippen LogP contribution in [0.25, 0.3) is 0 Å². The molecular formula is C12H15ClO2S. The van der Waals surface area contributed by atoms with E-state index in [2.05, 4.69) is 0 Å². The van der Waals surface area contributed by atoms with Gasteiger partial charge in [-0.2, -0.15) is 11.8 Å². The van der Waals surface area contributed by atoms with Gasteiger partial charge in [0.2, 0.25) is 0 Å². The number of ether oxygens (including phenoxy) is 1. The second kappa shape index (κ2) is 6.81. The number of ketones is 1. The number of halogens is 1. The van der Waals surface area contributed by atoms with Crippen LogP contribution in [-0.2, 0) is 0 Å². The Labute approximate surface area is 105 Å². The lowest BCUT2D eigenvalue weighted by Gasteiger charge is -2.09. The third-order valence-corrected chi connectivity index (χ3v) is 3.09. The summed E-state index contributed by atoms with van der Waals surface area (Å²) in [5.74, 6) is 2.08. The van der Waals surface area contributed by atoms with Gasteiger partial charge in [-0.3, -0.25) is 4.79 Å². The van der Waals surface area contributed by atoms with Gasteiger partial charge in [0.1, 0.15) is 5.75 Å². The van der Waals surface area contributed by atoms with Crippen molar-refractivity contribution >= 4 is 29.1 Å². The van der Waals surface area contributed by atoms with E-state index in [1.165, 1.54) is 0 Å². The number of carbonyl (C=O) groups excluding carboxylic acids is 1. The lowest BCUT2D eigenvalue weighted by atomic mass is 10.1. The first-order valence-corrected chi connectivity index (χ1v) is 6.75. The largest absolute Gasteiger partial charge is 0.493 e. The Bertz CT molecular complexity index is 366. The van der Waals surface area contributed by atoms with Crippen molar-refractivity contribution in [3.05, 3.63) is 28.8 Å². The van der Waals surface area contributed by atoms with Crippen LogP contribution < -0.4 is 4.74 Å². The van der Waals surface area contributed by atoms with Crippen LogP contribution in [0, 0.1) is 0 Å². The molecule has 1 aromatic rings. The smallest absolute Gasteiger partial charge is 0.176 e. The first-order valence-electron chi connectivity index (χ1n) is 5.22. The maximum atomic E-state index is 11.9. The van der Waals surface area contributed by atoms with Crippen LogP contribution >= 0.6 is 23.4 Å². The highest BCUT2D eigenvalue weighted by molar-refractivity contribution is 7.99. The van der Waals surface area contributed by atoms with E-state index in [1.54, 1.807) is 30.0 Å². The molecule has 0 aliphatic carbocycles. The second-order valence-corrected chi connectivity index (χ2v) is 4.84. The molecule has 0 unspecified atom stereocenters. The van der Waals surface area contributed by atoms with Gasteiger partial charge in [-0.25, -0.2) is 0 Å². The summed E-state index contributed by atoms with van der Waals surface area (Å²) in [5.41, 5.74) is 0.579. The molecule has 0 aliphatic heterocycles. The number of hydrogen-bond acceptors (Lipinski definition) is 3. The lowest BCUT2D eigenvalue weighted by molar-refractivity contribution is 0.101. The van der Waals surface area contributed by atoms with E-state index in [1.807, 2.05) is 13.8 Å². The summed E-state index contributed by atoms with van der Waals surface area (Å²) in [5, 5.41) is 0.563. The van der Waals surface area contributed by atoms with Crippen LogP contribution in [0.3, 0.4) is 0 Å². The molecule has 1 rings (SSSR count). The number of rotatable bonds is 6. The number of thioether (sulfide) groups is 1. The second-order valence-electron chi connectivity index (χ2n) is 3.13. The van der Waals surface area contributed by atoms with E-state index < -0.39 is 0 Å². The van der Waals surface area contributed by atoms with Gasteiger partial charge < -0.3 is 4.74 Å². The van der Waals surface area contributed by atoms with Gasteiger partial charge >= 0.3 is 0 Å². The maximum absolute atomic E-state index is 11.9. The van der Waals surface area contributed by atoms with Gasteiger partial charge in [-0.1, -0.05) is 18.5 Å². The predicted molar refractivity (Wildman–Crippen MR) is 70.0 cm³/mol. The van der Waals surface area contributed by atoms with E-state index in [0.29, 0.717) is 28.7 Å². The first kappa shape index (κ1) is 13.4. The third kappa shape index (κ3) is 3.72. The molecule has 0 heterocycles. The molecule has 0 saturated heterocycles. The summed E-state index contributed by atoms with van der Waals surface area (Å²) in [6, 6.07) is 5.15. The van der Waals surface area contributed by atoms with Gasteiger partial charge in [-0.15, -0.1) is 0 Å². The molecule has 16 heavy (non-hydrogen) atoms. The Morgan fingerprint density at radius 2 is 2.19 bits per heavy atom. The van der Waals surface area contributed by atoms with E-state index in [-0.39, 0.29) is 5.78 Å². The van der Waals surface area contributed by atoms with Crippen molar-refractivity contribution < 1.29 is 9.53 Å². The molecule has 4 heteroatoms. The normalized spacial score (nSPS) is 10.2. The molecule has 0 saturated carbocycles. The zero-order chi connectivity index (χ0) is 12.0. The monoisotopic (exact) mass is 258 g/mol. The van der Waals surface area contributed by atoms with Gasteiger partial charge in [0.25, 0.3) is 0 Å². The van der Waals surface area contributed by atoms with Crippen molar-refractivity contribution in [2.75, 3.05) is 18.1 Å². The molecule has 0 N–H and O–H groups in total. The number of Topliss-reactive ketones (excluding diaryl/α,β-unsaturated/α-hetero) is 1. The zero-order valence-corrected chi connectivity index (χ0v) is 11.0. The summed E-state index contributed by atoms with van der Waals surface area (Å²) in [7, 11) is 0. The van der Waals surface area contributed by atoms with Crippen molar-refractivity contribution in [1.29, 1.82) is 0 Å². The molecule has 0 aliphatic rings. The molecule has 2 nitrogen and oxygen atoms in total. The van der Waals surface area contributed by atoms with Crippen LogP contribution in [0.15, 0.2) is 18.2 Å². The maximum Gasteiger partial charge on any atom is 0.176 e. The minimum atomic E-state index is 0.0674. The molecule has 0 bridgehead atoms. The standard InChI is InChI=1S/C12H15ClO2S/c1-3-15-12-6-5-9(13)7-10(12)11(14)8-16-4-2/h5-7H,3-4,8H2,1-2H3. The molecule has 0 aromatic heterocycles. The highest BCUT2D eigenvalue weighted by Crippen LogP contribution is 2.24. The molecule has 0 fully saturated rings. The van der Waals surface area contributed by atoms with E-state index >= 15 is 0 Å². The van der Waals surface area contributed by atoms with Gasteiger partial charge in [0, 0.05) is 5.02 Å². The van der Waals surface area contributed by atoms with Crippen molar-refractivity contribution in [2.24, 2.45) is 0 Å². The summed E-state index contributed by atoms with van der Waals surface area (Å²) in [6.07, 6.45) is 0. The molecule has 0 amide bonds. The average Bonchev–Trinajstić information content (AvgIpc) is 2.28. The highest BCUT2D eigenvalue weighted by Gasteiger charge is 2.12. The summed E-state index contributed by atoms with van der Waals surface area (Å²) in [6.45, 7) is 4.46. The Hall–Kier alpha value is -0.670. The average molecular weight is 259 g/mol. The summed E-state index contributed by atoms with van der Waals surface area (Å²) >= 11 is 7.48. The van der Waals surface area contributed by atoms with E-state index in [9.17, 15) is 4.79 Å². The molecule has 88 valence electrons. The van der Waals surface area contributed by atoms with Crippen molar-refractivity contribution in [3.63, 3.8) is 0 Å². The van der Waals surface area contributed by atoms with Gasteiger partial charge in [0.05, 0.1) is 17.9 Å². The summed E-state index contributed by atoms with van der Waals surface area (Å²) in [4.78, 5) is 11.9. The Balaban J connectivity index is 2.90. The minimum absolute atomic E-state index is 0.0674. The van der Waals surface area contributed by atoms with Crippen LogP contribution in [0.1, 0.15) is 24.2 Å². The predicted octanol–water partition coefficient (Wildman–Crippen LogP) is 3.67. The topological polar surface area (TPSA) is 26.3 Å². The van der Waals surface area contributed by atoms with Crippen molar-refractivity contribution in [3.8, 4) is 5.75 Å². The van der Waals surface area contributed by atoms with Crippen LogP contribution in [0.2, 0.25) is 5.02 Å².